The van der Waals surface area contributed by atoms with Gasteiger partial charge in [-0.3, -0.25) is 4.98 Å². The summed E-state index contributed by atoms with van der Waals surface area (Å²) in [4.78, 5) is 4.04. The number of rotatable bonds is 7. The predicted octanol–water partition coefficient (Wildman–Crippen LogP) is 2.22. The van der Waals surface area contributed by atoms with Gasteiger partial charge >= 0.3 is 0 Å². The molecular formula is C15H17IN2O2. The molecule has 1 heterocycles. The molecule has 0 aliphatic carbocycles. The first-order valence-electron chi connectivity index (χ1n) is 6.40. The number of nitrogens with zero attached hydrogens (tertiary/aromatic N) is 1. The summed E-state index contributed by atoms with van der Waals surface area (Å²) >= 11 is 2.24. The maximum Gasteiger partial charge on any atom is 0.119 e. The maximum absolute atomic E-state index is 9.84. The van der Waals surface area contributed by atoms with E-state index >= 15 is 0 Å². The second-order valence-corrected chi connectivity index (χ2v) is 5.66. The van der Waals surface area contributed by atoms with Crippen molar-refractivity contribution in [3.8, 4) is 5.75 Å². The van der Waals surface area contributed by atoms with E-state index in [0.29, 0.717) is 13.1 Å². The molecule has 0 amide bonds. The van der Waals surface area contributed by atoms with Crippen molar-refractivity contribution in [3.05, 3.63) is 57.9 Å². The van der Waals surface area contributed by atoms with Crippen LogP contribution in [0.25, 0.3) is 0 Å². The van der Waals surface area contributed by atoms with Gasteiger partial charge in [-0.25, -0.2) is 0 Å². The number of hydrogen-bond acceptors (Lipinski definition) is 4. The van der Waals surface area contributed by atoms with E-state index in [1.165, 1.54) is 0 Å². The van der Waals surface area contributed by atoms with E-state index in [-0.39, 0.29) is 6.61 Å². The average molecular weight is 384 g/mol. The third-order valence-electron chi connectivity index (χ3n) is 2.69. The summed E-state index contributed by atoms with van der Waals surface area (Å²) in [6.45, 7) is 1.45. The standard InChI is InChI=1S/C15H17IN2O2/c16-13-3-5-15(6-4-13)20-11-14(19)10-18-9-12-2-1-7-17-8-12/h1-8,14,18-19H,9-11H2. The van der Waals surface area contributed by atoms with E-state index in [0.717, 1.165) is 14.9 Å². The molecule has 0 aliphatic rings. The lowest BCUT2D eigenvalue weighted by molar-refractivity contribution is 0.106. The highest BCUT2D eigenvalue weighted by molar-refractivity contribution is 14.1. The van der Waals surface area contributed by atoms with Crippen LogP contribution in [0.5, 0.6) is 5.75 Å². The molecule has 0 bridgehead atoms. The second-order valence-electron chi connectivity index (χ2n) is 4.41. The lowest BCUT2D eigenvalue weighted by Crippen LogP contribution is -2.31. The molecule has 0 spiro atoms. The Morgan fingerprint density at radius 1 is 1.25 bits per heavy atom. The molecule has 1 unspecified atom stereocenters. The largest absolute Gasteiger partial charge is 0.491 e. The number of nitrogens with one attached hydrogen (secondary N) is 1. The number of aliphatic hydroxyl groups excluding tert-OH is 1. The SMILES string of the molecule is OC(CNCc1cccnc1)COc1ccc(I)cc1. The molecule has 2 rings (SSSR count). The lowest BCUT2D eigenvalue weighted by atomic mass is 10.3. The summed E-state index contributed by atoms with van der Waals surface area (Å²) in [7, 11) is 0. The molecule has 1 aromatic carbocycles. The van der Waals surface area contributed by atoms with Crippen molar-refractivity contribution in [2.75, 3.05) is 13.2 Å². The number of hydrogen-bond donors (Lipinski definition) is 2. The first-order valence-corrected chi connectivity index (χ1v) is 7.48. The van der Waals surface area contributed by atoms with Crippen LogP contribution in [0.15, 0.2) is 48.8 Å². The van der Waals surface area contributed by atoms with E-state index in [9.17, 15) is 5.11 Å². The number of aromatic nitrogens is 1. The van der Waals surface area contributed by atoms with Gasteiger partial charge in [-0.05, 0) is 58.5 Å². The molecule has 0 fully saturated rings. The molecule has 2 aromatic rings. The minimum atomic E-state index is -0.536. The molecule has 2 N–H and O–H groups in total. The smallest absolute Gasteiger partial charge is 0.119 e. The van der Waals surface area contributed by atoms with Crippen molar-refractivity contribution in [2.24, 2.45) is 0 Å². The zero-order chi connectivity index (χ0) is 14.2. The highest BCUT2D eigenvalue weighted by Crippen LogP contribution is 2.13. The summed E-state index contributed by atoms with van der Waals surface area (Å²) in [6, 6.07) is 11.6. The maximum atomic E-state index is 9.84. The Hall–Kier alpha value is -1.18. The Labute approximate surface area is 132 Å². The van der Waals surface area contributed by atoms with E-state index in [4.69, 9.17) is 4.74 Å². The van der Waals surface area contributed by atoms with Crippen LogP contribution < -0.4 is 10.1 Å². The molecule has 1 aromatic heterocycles. The Balaban J connectivity index is 1.65. The van der Waals surface area contributed by atoms with Crippen LogP contribution >= 0.6 is 22.6 Å². The molecule has 4 nitrogen and oxygen atoms in total. The first kappa shape index (κ1) is 15.2. The number of aliphatic hydroxyl groups is 1. The van der Waals surface area contributed by atoms with Crippen LogP contribution in [0, 0.1) is 3.57 Å². The number of ether oxygens (including phenoxy) is 1. The molecule has 20 heavy (non-hydrogen) atoms. The molecule has 0 radical (unpaired) electrons. The van der Waals surface area contributed by atoms with Gasteiger partial charge < -0.3 is 15.2 Å². The molecule has 0 saturated heterocycles. The van der Waals surface area contributed by atoms with E-state index in [1.54, 1.807) is 6.20 Å². The fraction of sp³-hybridized carbons (Fsp3) is 0.267. The summed E-state index contributed by atoms with van der Waals surface area (Å²) in [5.41, 5.74) is 1.10. The highest BCUT2D eigenvalue weighted by Gasteiger charge is 2.05. The van der Waals surface area contributed by atoms with Crippen molar-refractivity contribution in [3.63, 3.8) is 0 Å². The number of pyridine rings is 1. The van der Waals surface area contributed by atoms with Crippen LogP contribution in [-0.4, -0.2) is 29.3 Å². The summed E-state index contributed by atoms with van der Waals surface area (Å²) in [5, 5.41) is 13.0. The van der Waals surface area contributed by atoms with Gasteiger partial charge in [-0.1, -0.05) is 6.07 Å². The molecular weight excluding hydrogens is 367 g/mol. The normalized spacial score (nSPS) is 12.1. The van der Waals surface area contributed by atoms with Crippen LogP contribution in [0.1, 0.15) is 5.56 Å². The van der Waals surface area contributed by atoms with Crippen molar-refractivity contribution in [1.29, 1.82) is 0 Å². The van der Waals surface area contributed by atoms with E-state index in [1.807, 2.05) is 42.6 Å². The van der Waals surface area contributed by atoms with Crippen molar-refractivity contribution < 1.29 is 9.84 Å². The van der Waals surface area contributed by atoms with Gasteiger partial charge in [0.1, 0.15) is 18.5 Å². The fourth-order valence-corrected chi connectivity index (χ4v) is 2.03. The summed E-state index contributed by atoms with van der Waals surface area (Å²) < 4.78 is 6.68. The zero-order valence-corrected chi connectivity index (χ0v) is 13.2. The Bertz CT molecular complexity index is 505. The average Bonchev–Trinajstić information content (AvgIpc) is 2.48. The molecule has 0 saturated carbocycles. The highest BCUT2D eigenvalue weighted by atomic mass is 127. The van der Waals surface area contributed by atoms with Crippen LogP contribution in [0.2, 0.25) is 0 Å². The number of halogens is 1. The van der Waals surface area contributed by atoms with Crippen molar-refractivity contribution in [1.82, 2.24) is 10.3 Å². The Kier molecular flexibility index (Phi) is 6.23. The van der Waals surface area contributed by atoms with Crippen LogP contribution in [0.3, 0.4) is 0 Å². The third-order valence-corrected chi connectivity index (χ3v) is 3.41. The topological polar surface area (TPSA) is 54.4 Å². The summed E-state index contributed by atoms with van der Waals surface area (Å²) in [5.74, 6) is 0.775. The van der Waals surface area contributed by atoms with Crippen molar-refractivity contribution >= 4 is 22.6 Å². The second kappa shape index (κ2) is 8.18. The Morgan fingerprint density at radius 2 is 2.05 bits per heavy atom. The monoisotopic (exact) mass is 384 g/mol. The Morgan fingerprint density at radius 3 is 2.75 bits per heavy atom. The van der Waals surface area contributed by atoms with Gasteiger partial charge in [0.05, 0.1) is 0 Å². The fourth-order valence-electron chi connectivity index (χ4n) is 1.67. The van der Waals surface area contributed by atoms with Gasteiger partial charge in [0.25, 0.3) is 0 Å². The zero-order valence-electron chi connectivity index (χ0n) is 11.0. The van der Waals surface area contributed by atoms with E-state index < -0.39 is 6.10 Å². The molecule has 1 atom stereocenters. The molecule has 106 valence electrons. The van der Waals surface area contributed by atoms with Gasteiger partial charge in [0.2, 0.25) is 0 Å². The quantitative estimate of drug-likeness (QED) is 0.719. The van der Waals surface area contributed by atoms with Crippen LogP contribution in [-0.2, 0) is 6.54 Å². The molecule has 5 heteroatoms. The first-order chi connectivity index (χ1) is 9.74. The minimum Gasteiger partial charge on any atom is -0.491 e. The number of benzene rings is 1. The van der Waals surface area contributed by atoms with Gasteiger partial charge in [-0.2, -0.15) is 0 Å². The van der Waals surface area contributed by atoms with Gasteiger partial charge in [0, 0.05) is 29.1 Å². The van der Waals surface area contributed by atoms with Crippen molar-refractivity contribution in [2.45, 2.75) is 12.6 Å². The van der Waals surface area contributed by atoms with Crippen LogP contribution in [0.4, 0.5) is 0 Å². The summed E-state index contributed by atoms with van der Waals surface area (Å²) in [6.07, 6.45) is 3.01. The minimum absolute atomic E-state index is 0.278. The lowest BCUT2D eigenvalue weighted by Gasteiger charge is -2.13. The molecule has 0 aliphatic heterocycles. The van der Waals surface area contributed by atoms with Gasteiger partial charge in [-0.15, -0.1) is 0 Å². The predicted molar refractivity (Wildman–Crippen MR) is 86.6 cm³/mol. The third kappa shape index (κ3) is 5.44. The van der Waals surface area contributed by atoms with E-state index in [2.05, 4.69) is 32.9 Å². The van der Waals surface area contributed by atoms with Gasteiger partial charge in [0.15, 0.2) is 0 Å².